The van der Waals surface area contributed by atoms with Crippen LogP contribution in [0.25, 0.3) is 0 Å². The van der Waals surface area contributed by atoms with Crippen LogP contribution in [0.15, 0.2) is 30.3 Å². The molecule has 1 aliphatic rings. The lowest BCUT2D eigenvalue weighted by molar-refractivity contribution is 0.0715. The highest BCUT2D eigenvalue weighted by atomic mass is 16.5. The van der Waals surface area contributed by atoms with Gasteiger partial charge in [0.25, 0.3) is 5.91 Å². The molecule has 2 unspecified atom stereocenters. The van der Waals surface area contributed by atoms with Crippen molar-refractivity contribution in [3.63, 3.8) is 0 Å². The SMILES string of the molecule is CCn1c(C)cc(C(=O)N2CC(O)CC2c2cccc(OC)c2)c1C. The van der Waals surface area contributed by atoms with Gasteiger partial charge in [0.15, 0.2) is 0 Å². The first kappa shape index (κ1) is 17.5. The van der Waals surface area contributed by atoms with Crippen LogP contribution in [-0.2, 0) is 6.54 Å². The van der Waals surface area contributed by atoms with Gasteiger partial charge in [-0.3, -0.25) is 4.79 Å². The number of β-amino-alcohol motifs (C(OH)–C–C–N with tert-alkyl or cyclic N) is 1. The zero-order valence-electron chi connectivity index (χ0n) is 15.3. The second kappa shape index (κ2) is 6.92. The molecule has 0 aliphatic carbocycles. The molecule has 0 spiro atoms. The van der Waals surface area contributed by atoms with Crippen molar-refractivity contribution in [1.29, 1.82) is 0 Å². The highest BCUT2D eigenvalue weighted by Gasteiger charge is 2.36. The van der Waals surface area contributed by atoms with Crippen molar-refractivity contribution in [2.24, 2.45) is 0 Å². The van der Waals surface area contributed by atoms with Crippen LogP contribution in [0.1, 0.15) is 46.7 Å². The largest absolute Gasteiger partial charge is 0.497 e. The summed E-state index contributed by atoms with van der Waals surface area (Å²) < 4.78 is 7.44. The molecule has 0 saturated carbocycles. The molecule has 2 atom stereocenters. The third-order valence-corrected chi connectivity index (χ3v) is 5.14. The minimum Gasteiger partial charge on any atom is -0.497 e. The lowest BCUT2D eigenvalue weighted by atomic mass is 10.0. The summed E-state index contributed by atoms with van der Waals surface area (Å²) >= 11 is 0. The zero-order valence-corrected chi connectivity index (χ0v) is 15.3. The molecule has 1 N–H and O–H groups in total. The first-order valence-corrected chi connectivity index (χ1v) is 8.76. The highest BCUT2D eigenvalue weighted by Crippen LogP contribution is 2.35. The van der Waals surface area contributed by atoms with E-state index in [9.17, 15) is 9.90 Å². The van der Waals surface area contributed by atoms with Crippen LogP contribution < -0.4 is 4.74 Å². The fourth-order valence-corrected chi connectivity index (χ4v) is 3.86. The minimum absolute atomic E-state index is 0.0165. The Morgan fingerprint density at radius 3 is 2.72 bits per heavy atom. The molecule has 1 aromatic carbocycles. The highest BCUT2D eigenvalue weighted by molar-refractivity contribution is 5.96. The van der Waals surface area contributed by atoms with E-state index < -0.39 is 6.10 Å². The number of aliphatic hydroxyl groups is 1. The van der Waals surface area contributed by atoms with Crippen LogP contribution >= 0.6 is 0 Å². The van der Waals surface area contributed by atoms with E-state index >= 15 is 0 Å². The van der Waals surface area contributed by atoms with Gasteiger partial charge >= 0.3 is 0 Å². The number of methoxy groups -OCH3 is 1. The van der Waals surface area contributed by atoms with Crippen LogP contribution in [0.2, 0.25) is 0 Å². The maximum atomic E-state index is 13.2. The van der Waals surface area contributed by atoms with Gasteiger partial charge in [-0.05, 0) is 51.0 Å². The summed E-state index contributed by atoms with van der Waals surface area (Å²) in [5.41, 5.74) is 3.78. The molecule has 2 heterocycles. The third kappa shape index (κ3) is 3.16. The Hall–Kier alpha value is -2.27. The van der Waals surface area contributed by atoms with E-state index in [0.717, 1.165) is 34.8 Å². The molecule has 0 bridgehead atoms. The van der Waals surface area contributed by atoms with Crippen molar-refractivity contribution in [2.75, 3.05) is 13.7 Å². The Morgan fingerprint density at radius 1 is 1.32 bits per heavy atom. The van der Waals surface area contributed by atoms with Crippen LogP contribution in [0.4, 0.5) is 0 Å². The van der Waals surface area contributed by atoms with E-state index in [2.05, 4.69) is 11.5 Å². The van der Waals surface area contributed by atoms with Crippen LogP contribution in [0.5, 0.6) is 5.75 Å². The Bertz CT molecular complexity index is 781. The molecule has 5 heteroatoms. The molecule has 25 heavy (non-hydrogen) atoms. The fraction of sp³-hybridized carbons (Fsp3) is 0.450. The molecule has 0 radical (unpaired) electrons. The summed E-state index contributed by atoms with van der Waals surface area (Å²) in [7, 11) is 1.63. The third-order valence-electron chi connectivity index (χ3n) is 5.14. The summed E-state index contributed by atoms with van der Waals surface area (Å²) in [5.74, 6) is 0.743. The van der Waals surface area contributed by atoms with Gasteiger partial charge in [0.05, 0.1) is 24.8 Å². The number of hydrogen-bond acceptors (Lipinski definition) is 3. The first-order chi connectivity index (χ1) is 12.0. The van der Waals surface area contributed by atoms with Crippen molar-refractivity contribution in [1.82, 2.24) is 9.47 Å². The lowest BCUT2D eigenvalue weighted by Crippen LogP contribution is -2.32. The number of carbonyl (C=O) groups excluding carboxylic acids is 1. The van der Waals surface area contributed by atoms with E-state index in [4.69, 9.17) is 4.74 Å². The Labute approximate surface area is 148 Å². The van der Waals surface area contributed by atoms with Crippen LogP contribution in [0, 0.1) is 13.8 Å². The summed E-state index contributed by atoms with van der Waals surface area (Å²) in [4.78, 5) is 15.0. The molecular weight excluding hydrogens is 316 g/mol. The smallest absolute Gasteiger partial charge is 0.256 e. The van der Waals surface area contributed by atoms with Gasteiger partial charge in [0.1, 0.15) is 5.75 Å². The lowest BCUT2D eigenvalue weighted by Gasteiger charge is -2.25. The van der Waals surface area contributed by atoms with E-state index in [1.807, 2.05) is 44.2 Å². The minimum atomic E-state index is -0.505. The van der Waals surface area contributed by atoms with Gasteiger partial charge in [0.2, 0.25) is 0 Å². The molecule has 1 amide bonds. The monoisotopic (exact) mass is 342 g/mol. The number of aromatic nitrogens is 1. The number of aliphatic hydroxyl groups excluding tert-OH is 1. The normalized spacial score (nSPS) is 20.1. The molecule has 5 nitrogen and oxygen atoms in total. The number of nitrogens with zero attached hydrogens (tertiary/aromatic N) is 2. The fourth-order valence-electron chi connectivity index (χ4n) is 3.86. The van der Waals surface area contributed by atoms with Crippen molar-refractivity contribution < 1.29 is 14.6 Å². The Kier molecular flexibility index (Phi) is 4.86. The number of amides is 1. The average molecular weight is 342 g/mol. The Balaban J connectivity index is 1.95. The molecule has 3 rings (SSSR count). The predicted molar refractivity (Wildman–Crippen MR) is 97.0 cm³/mol. The summed E-state index contributed by atoms with van der Waals surface area (Å²) in [6, 6.07) is 9.55. The van der Waals surface area contributed by atoms with E-state index in [1.165, 1.54) is 0 Å². The number of likely N-dealkylation sites (tertiary alicyclic amines) is 1. The molecule has 1 aromatic heterocycles. The molecule has 134 valence electrons. The number of carbonyl (C=O) groups is 1. The maximum Gasteiger partial charge on any atom is 0.256 e. The number of aryl methyl sites for hydroxylation is 1. The van der Waals surface area contributed by atoms with E-state index in [1.54, 1.807) is 12.0 Å². The molecular formula is C20H26N2O3. The van der Waals surface area contributed by atoms with Crippen LogP contribution in [0.3, 0.4) is 0 Å². The summed E-state index contributed by atoms with van der Waals surface area (Å²) in [6.45, 7) is 7.28. The predicted octanol–water partition coefficient (Wildman–Crippen LogP) is 3.08. The second-order valence-electron chi connectivity index (χ2n) is 6.67. The average Bonchev–Trinajstić information content (AvgIpc) is 3.14. The summed E-state index contributed by atoms with van der Waals surface area (Å²) in [6.07, 6.45) is 0.0422. The van der Waals surface area contributed by atoms with Gasteiger partial charge in [-0.25, -0.2) is 0 Å². The van der Waals surface area contributed by atoms with Gasteiger partial charge in [-0.2, -0.15) is 0 Å². The quantitative estimate of drug-likeness (QED) is 0.929. The van der Waals surface area contributed by atoms with Crippen molar-refractivity contribution >= 4 is 5.91 Å². The number of benzene rings is 1. The molecule has 1 saturated heterocycles. The standard InChI is InChI=1S/C20H26N2O3/c1-5-21-13(2)9-18(14(21)3)20(24)22-12-16(23)11-19(22)15-7-6-8-17(10-15)25-4/h6-10,16,19,23H,5,11-12H2,1-4H3. The van der Waals surface area contributed by atoms with Crippen molar-refractivity contribution in [3.05, 3.63) is 52.8 Å². The van der Waals surface area contributed by atoms with Crippen molar-refractivity contribution in [3.8, 4) is 5.75 Å². The van der Waals surface area contributed by atoms with Crippen molar-refractivity contribution in [2.45, 2.75) is 45.9 Å². The number of hydrogen-bond donors (Lipinski definition) is 1. The van der Waals surface area contributed by atoms with E-state index in [0.29, 0.717) is 13.0 Å². The molecule has 1 fully saturated rings. The summed E-state index contributed by atoms with van der Waals surface area (Å²) in [5, 5.41) is 10.2. The molecule has 2 aromatic rings. The van der Waals surface area contributed by atoms with Gasteiger partial charge < -0.3 is 19.3 Å². The molecule has 1 aliphatic heterocycles. The van der Waals surface area contributed by atoms with E-state index in [-0.39, 0.29) is 11.9 Å². The Morgan fingerprint density at radius 2 is 2.08 bits per heavy atom. The van der Waals surface area contributed by atoms with Crippen LogP contribution in [-0.4, -0.2) is 40.2 Å². The second-order valence-corrected chi connectivity index (χ2v) is 6.67. The number of ether oxygens (including phenoxy) is 1. The van der Waals surface area contributed by atoms with Gasteiger partial charge in [-0.1, -0.05) is 12.1 Å². The van der Waals surface area contributed by atoms with Gasteiger partial charge in [0, 0.05) is 24.5 Å². The number of rotatable bonds is 4. The van der Waals surface area contributed by atoms with Gasteiger partial charge in [-0.15, -0.1) is 0 Å². The zero-order chi connectivity index (χ0) is 18.1. The first-order valence-electron chi connectivity index (χ1n) is 8.76. The maximum absolute atomic E-state index is 13.2. The topological polar surface area (TPSA) is 54.7 Å².